The molecule has 7 nitrogen and oxygen atoms in total. The molecule has 2 fully saturated rings. The third kappa shape index (κ3) is 4.76. The fourth-order valence-electron chi connectivity index (χ4n) is 3.72. The molecule has 0 radical (unpaired) electrons. The number of likely N-dealkylation sites (tertiary alicyclic amines) is 1. The molecule has 2 saturated heterocycles. The minimum atomic E-state index is -0.327. The van der Waals surface area contributed by atoms with Crippen molar-refractivity contribution >= 4 is 29.5 Å². The molecular formula is C20H26ClN3O4. The number of piperidine rings is 1. The van der Waals surface area contributed by atoms with Gasteiger partial charge in [-0.05, 0) is 44.0 Å². The Bertz CT molecular complexity index is 717. The van der Waals surface area contributed by atoms with Gasteiger partial charge < -0.3 is 19.4 Å². The Morgan fingerprint density at radius 3 is 2.29 bits per heavy atom. The number of carbonyl (C=O) groups excluding carboxylic acids is 3. The fourth-order valence-corrected chi connectivity index (χ4v) is 3.85. The molecule has 3 amide bonds. The monoisotopic (exact) mass is 407 g/mol. The van der Waals surface area contributed by atoms with E-state index in [9.17, 15) is 14.4 Å². The highest BCUT2D eigenvalue weighted by atomic mass is 35.5. The van der Waals surface area contributed by atoms with Gasteiger partial charge in [0.2, 0.25) is 5.91 Å². The number of rotatable bonds is 3. The largest absolute Gasteiger partial charge is 0.450 e. The summed E-state index contributed by atoms with van der Waals surface area (Å²) in [6.45, 7) is 5.16. The highest BCUT2D eigenvalue weighted by Crippen LogP contribution is 2.22. The number of piperazine rings is 1. The number of amides is 3. The summed E-state index contributed by atoms with van der Waals surface area (Å²) in [4.78, 5) is 42.7. The Morgan fingerprint density at radius 1 is 1.00 bits per heavy atom. The van der Waals surface area contributed by atoms with Crippen molar-refractivity contribution < 1.29 is 19.1 Å². The van der Waals surface area contributed by atoms with E-state index in [2.05, 4.69) is 0 Å². The average Bonchev–Trinajstić information content (AvgIpc) is 2.73. The molecule has 0 saturated carbocycles. The maximum absolute atomic E-state index is 12.9. The SMILES string of the molecule is CCOC(=O)N1CCN(C(=O)C2CCCN(C(=O)c3ccc(Cl)cc3)C2)CC1. The summed E-state index contributed by atoms with van der Waals surface area (Å²) in [5.41, 5.74) is 0.584. The number of hydrogen-bond donors (Lipinski definition) is 0. The van der Waals surface area contributed by atoms with Gasteiger partial charge in [0.15, 0.2) is 0 Å². The first-order valence-electron chi connectivity index (χ1n) is 9.75. The Kier molecular flexibility index (Phi) is 6.78. The highest BCUT2D eigenvalue weighted by Gasteiger charge is 2.33. The maximum atomic E-state index is 12.9. The number of hydrogen-bond acceptors (Lipinski definition) is 4. The van der Waals surface area contributed by atoms with Gasteiger partial charge in [-0.2, -0.15) is 0 Å². The smallest absolute Gasteiger partial charge is 0.409 e. The summed E-state index contributed by atoms with van der Waals surface area (Å²) in [7, 11) is 0. The molecule has 1 atom stereocenters. The van der Waals surface area contributed by atoms with Gasteiger partial charge in [0.25, 0.3) is 5.91 Å². The van der Waals surface area contributed by atoms with Crippen LogP contribution in [0.4, 0.5) is 4.79 Å². The van der Waals surface area contributed by atoms with Crippen molar-refractivity contribution in [2.45, 2.75) is 19.8 Å². The number of carbonyl (C=O) groups is 3. The fraction of sp³-hybridized carbons (Fsp3) is 0.550. The van der Waals surface area contributed by atoms with Gasteiger partial charge in [-0.15, -0.1) is 0 Å². The lowest BCUT2D eigenvalue weighted by molar-refractivity contribution is -0.138. The van der Waals surface area contributed by atoms with Crippen molar-refractivity contribution in [3.05, 3.63) is 34.9 Å². The molecule has 2 aliphatic rings. The Hall–Kier alpha value is -2.28. The summed E-state index contributed by atoms with van der Waals surface area (Å²) in [5, 5.41) is 0.588. The first-order valence-corrected chi connectivity index (χ1v) is 10.1. The quantitative estimate of drug-likeness (QED) is 0.771. The molecule has 1 aromatic carbocycles. The van der Waals surface area contributed by atoms with Crippen LogP contribution in [-0.4, -0.2) is 78.5 Å². The first kappa shape index (κ1) is 20.5. The number of ether oxygens (including phenoxy) is 1. The zero-order valence-corrected chi connectivity index (χ0v) is 16.9. The summed E-state index contributed by atoms with van der Waals surface area (Å²) >= 11 is 5.89. The van der Waals surface area contributed by atoms with Gasteiger partial charge in [0.05, 0.1) is 12.5 Å². The van der Waals surface area contributed by atoms with E-state index in [1.165, 1.54) is 0 Å². The number of benzene rings is 1. The zero-order chi connectivity index (χ0) is 20.1. The minimum Gasteiger partial charge on any atom is -0.450 e. The van der Waals surface area contributed by atoms with E-state index in [-0.39, 0.29) is 23.8 Å². The van der Waals surface area contributed by atoms with Crippen LogP contribution in [0.3, 0.4) is 0 Å². The average molecular weight is 408 g/mol. The van der Waals surface area contributed by atoms with Crippen molar-refractivity contribution in [2.75, 3.05) is 45.9 Å². The van der Waals surface area contributed by atoms with Gasteiger partial charge in [-0.3, -0.25) is 9.59 Å². The summed E-state index contributed by atoms with van der Waals surface area (Å²) in [5.74, 6) is -0.197. The molecule has 1 unspecified atom stereocenters. The first-order chi connectivity index (χ1) is 13.5. The molecule has 8 heteroatoms. The lowest BCUT2D eigenvalue weighted by Gasteiger charge is -2.38. The number of halogens is 1. The third-order valence-corrected chi connectivity index (χ3v) is 5.52. The van der Waals surface area contributed by atoms with Crippen LogP contribution in [0.5, 0.6) is 0 Å². The summed E-state index contributed by atoms with van der Waals surface area (Å²) in [6, 6.07) is 6.82. The van der Waals surface area contributed by atoms with Crippen LogP contribution in [0.15, 0.2) is 24.3 Å². The predicted octanol–water partition coefficient (Wildman–Crippen LogP) is 2.49. The topological polar surface area (TPSA) is 70.2 Å². The second-order valence-corrected chi connectivity index (χ2v) is 7.54. The molecule has 3 rings (SSSR count). The van der Waals surface area contributed by atoms with Crippen molar-refractivity contribution in [2.24, 2.45) is 5.92 Å². The lowest BCUT2D eigenvalue weighted by Crippen LogP contribution is -2.54. The lowest BCUT2D eigenvalue weighted by atomic mass is 9.95. The Balaban J connectivity index is 1.55. The van der Waals surface area contributed by atoms with E-state index < -0.39 is 0 Å². The van der Waals surface area contributed by atoms with Crippen LogP contribution in [0.25, 0.3) is 0 Å². The Labute approximate surface area is 170 Å². The van der Waals surface area contributed by atoms with Crippen molar-refractivity contribution in [1.29, 1.82) is 0 Å². The van der Waals surface area contributed by atoms with Crippen molar-refractivity contribution in [1.82, 2.24) is 14.7 Å². The molecule has 28 heavy (non-hydrogen) atoms. The normalized spacial score (nSPS) is 20.1. The van der Waals surface area contributed by atoms with Crippen LogP contribution in [-0.2, 0) is 9.53 Å². The van der Waals surface area contributed by atoms with Crippen LogP contribution >= 0.6 is 11.6 Å². The predicted molar refractivity (Wildman–Crippen MR) is 105 cm³/mol. The van der Waals surface area contributed by atoms with Crippen molar-refractivity contribution in [3.63, 3.8) is 0 Å². The van der Waals surface area contributed by atoms with Gasteiger partial charge in [-0.25, -0.2) is 4.79 Å². The third-order valence-electron chi connectivity index (χ3n) is 5.27. The summed E-state index contributed by atoms with van der Waals surface area (Å²) in [6.07, 6.45) is 1.26. The van der Waals surface area contributed by atoms with Gasteiger partial charge >= 0.3 is 6.09 Å². The van der Waals surface area contributed by atoms with Crippen LogP contribution in [0.1, 0.15) is 30.1 Å². The molecule has 0 spiro atoms. The van der Waals surface area contributed by atoms with E-state index in [0.29, 0.717) is 56.5 Å². The number of nitrogens with zero attached hydrogens (tertiary/aromatic N) is 3. The maximum Gasteiger partial charge on any atom is 0.409 e. The Morgan fingerprint density at radius 2 is 1.64 bits per heavy atom. The van der Waals surface area contributed by atoms with E-state index in [1.807, 2.05) is 0 Å². The highest BCUT2D eigenvalue weighted by molar-refractivity contribution is 6.30. The minimum absolute atomic E-state index is 0.0668. The molecule has 0 N–H and O–H groups in total. The van der Waals surface area contributed by atoms with Crippen molar-refractivity contribution in [3.8, 4) is 0 Å². The molecule has 2 heterocycles. The standard InChI is InChI=1S/C20H26ClN3O4/c1-2-28-20(27)23-12-10-22(11-13-23)19(26)16-4-3-9-24(14-16)18(25)15-5-7-17(21)8-6-15/h5-8,16H,2-4,9-14H2,1H3. The van der Waals surface area contributed by atoms with Gasteiger partial charge in [0.1, 0.15) is 0 Å². The molecule has 0 bridgehead atoms. The van der Waals surface area contributed by atoms with E-state index >= 15 is 0 Å². The van der Waals surface area contributed by atoms with Gasteiger partial charge in [-0.1, -0.05) is 11.6 Å². The summed E-state index contributed by atoms with van der Waals surface area (Å²) < 4.78 is 5.01. The second-order valence-electron chi connectivity index (χ2n) is 7.11. The molecule has 1 aromatic rings. The zero-order valence-electron chi connectivity index (χ0n) is 16.1. The second kappa shape index (κ2) is 9.28. The van der Waals surface area contributed by atoms with Gasteiger partial charge in [0, 0.05) is 49.9 Å². The van der Waals surface area contributed by atoms with Crippen LogP contribution in [0, 0.1) is 5.92 Å². The van der Waals surface area contributed by atoms with E-state index in [4.69, 9.17) is 16.3 Å². The molecule has 0 aliphatic carbocycles. The van der Waals surface area contributed by atoms with E-state index in [1.54, 1.807) is 45.9 Å². The molecular weight excluding hydrogens is 382 g/mol. The molecule has 0 aromatic heterocycles. The molecule has 2 aliphatic heterocycles. The van der Waals surface area contributed by atoms with E-state index in [0.717, 1.165) is 12.8 Å². The van der Waals surface area contributed by atoms with Crippen LogP contribution < -0.4 is 0 Å². The molecule has 152 valence electrons. The van der Waals surface area contributed by atoms with Crippen LogP contribution in [0.2, 0.25) is 5.02 Å².